The first-order valence-corrected chi connectivity index (χ1v) is 5.37. The third-order valence-corrected chi connectivity index (χ3v) is 2.80. The first-order valence-electron chi connectivity index (χ1n) is 5.37. The number of rotatable bonds is 2. The molecule has 80 valence electrons. The normalized spacial score (nSPS) is 14.8. The fraction of sp³-hybridized carbons (Fsp3) is 0.750. The van der Waals surface area contributed by atoms with Crippen molar-refractivity contribution in [2.45, 2.75) is 53.0 Å². The van der Waals surface area contributed by atoms with E-state index in [2.05, 4.69) is 57.3 Å². The zero-order chi connectivity index (χ0) is 10.9. The molecule has 2 heteroatoms. The van der Waals surface area contributed by atoms with Gasteiger partial charge in [-0.05, 0) is 26.7 Å². The van der Waals surface area contributed by atoms with Gasteiger partial charge in [-0.15, -0.1) is 0 Å². The van der Waals surface area contributed by atoms with Crippen LogP contribution in [0.4, 0.5) is 0 Å². The molecule has 0 aliphatic rings. The van der Waals surface area contributed by atoms with E-state index < -0.39 is 0 Å². The van der Waals surface area contributed by atoms with Crippen LogP contribution in [0.2, 0.25) is 0 Å². The van der Waals surface area contributed by atoms with Crippen LogP contribution < -0.4 is 0 Å². The van der Waals surface area contributed by atoms with Gasteiger partial charge in [-0.25, -0.2) is 4.98 Å². The highest BCUT2D eigenvalue weighted by molar-refractivity contribution is 5.03. The lowest BCUT2D eigenvalue weighted by Crippen LogP contribution is -2.25. The molecule has 1 atom stereocenters. The fourth-order valence-electron chi connectivity index (χ4n) is 1.52. The van der Waals surface area contributed by atoms with Crippen molar-refractivity contribution in [2.24, 2.45) is 5.92 Å². The maximum atomic E-state index is 4.47. The van der Waals surface area contributed by atoms with Gasteiger partial charge in [0.05, 0.1) is 0 Å². The molecule has 0 aromatic carbocycles. The lowest BCUT2D eigenvalue weighted by atomic mass is 9.96. The van der Waals surface area contributed by atoms with Gasteiger partial charge in [-0.3, -0.25) is 0 Å². The van der Waals surface area contributed by atoms with E-state index in [-0.39, 0.29) is 5.54 Å². The lowest BCUT2D eigenvalue weighted by molar-refractivity contribution is 0.359. The summed E-state index contributed by atoms with van der Waals surface area (Å²) in [5, 5.41) is 0. The van der Waals surface area contributed by atoms with Gasteiger partial charge in [0, 0.05) is 23.9 Å². The molecule has 0 amide bonds. The average molecular weight is 194 g/mol. The van der Waals surface area contributed by atoms with Gasteiger partial charge in [-0.1, -0.05) is 20.8 Å². The predicted molar refractivity (Wildman–Crippen MR) is 60.5 cm³/mol. The Morgan fingerprint density at radius 2 is 1.79 bits per heavy atom. The molecule has 0 spiro atoms. The van der Waals surface area contributed by atoms with Crippen LogP contribution in [0.15, 0.2) is 12.4 Å². The Balaban J connectivity index is 3.05. The Labute approximate surface area is 87.4 Å². The molecular weight excluding hydrogens is 172 g/mol. The highest BCUT2D eigenvalue weighted by atomic mass is 15.1. The van der Waals surface area contributed by atoms with Crippen LogP contribution in [0.25, 0.3) is 0 Å². The molecule has 1 unspecified atom stereocenters. The van der Waals surface area contributed by atoms with Gasteiger partial charge in [-0.2, -0.15) is 0 Å². The van der Waals surface area contributed by atoms with E-state index in [1.54, 1.807) is 0 Å². The highest BCUT2D eigenvalue weighted by Crippen LogP contribution is 2.26. The third kappa shape index (κ3) is 2.17. The summed E-state index contributed by atoms with van der Waals surface area (Å²) in [5.41, 5.74) is 0.134. The molecule has 0 N–H and O–H groups in total. The SMILES string of the molecule is CC(C)C(C)c1nccn1C(C)(C)C. The Bertz CT molecular complexity index is 292. The second kappa shape index (κ2) is 3.76. The topological polar surface area (TPSA) is 17.8 Å². The first kappa shape index (κ1) is 11.3. The standard InChI is InChI=1S/C12H22N2/c1-9(2)10(3)11-13-7-8-14(11)12(4,5)6/h7-10H,1-6H3. The lowest BCUT2D eigenvalue weighted by Gasteiger charge is -2.26. The summed E-state index contributed by atoms with van der Waals surface area (Å²) in [6.07, 6.45) is 3.98. The second-order valence-corrected chi connectivity index (χ2v) is 5.36. The van der Waals surface area contributed by atoms with E-state index >= 15 is 0 Å². The summed E-state index contributed by atoms with van der Waals surface area (Å²) in [6.45, 7) is 13.4. The van der Waals surface area contributed by atoms with Crippen LogP contribution in [0, 0.1) is 5.92 Å². The highest BCUT2D eigenvalue weighted by Gasteiger charge is 2.21. The van der Waals surface area contributed by atoms with Crippen molar-refractivity contribution in [1.82, 2.24) is 9.55 Å². The minimum atomic E-state index is 0.134. The first-order chi connectivity index (χ1) is 6.34. The molecule has 0 aliphatic heterocycles. The van der Waals surface area contributed by atoms with Crippen LogP contribution in [0.3, 0.4) is 0 Å². The molecule has 0 aliphatic carbocycles. The molecule has 0 radical (unpaired) electrons. The molecule has 0 bridgehead atoms. The maximum absolute atomic E-state index is 4.47. The summed E-state index contributed by atoms with van der Waals surface area (Å²) in [6, 6.07) is 0. The molecule has 14 heavy (non-hydrogen) atoms. The Morgan fingerprint density at radius 1 is 1.21 bits per heavy atom. The molecule has 0 fully saturated rings. The fourth-order valence-corrected chi connectivity index (χ4v) is 1.52. The largest absolute Gasteiger partial charge is 0.329 e. The van der Waals surface area contributed by atoms with Gasteiger partial charge in [0.15, 0.2) is 0 Å². The Kier molecular flexibility index (Phi) is 3.03. The van der Waals surface area contributed by atoms with Crippen LogP contribution in [-0.4, -0.2) is 9.55 Å². The maximum Gasteiger partial charge on any atom is 0.112 e. The Morgan fingerprint density at radius 3 is 2.21 bits per heavy atom. The van der Waals surface area contributed by atoms with Crippen molar-refractivity contribution in [3.8, 4) is 0 Å². The van der Waals surface area contributed by atoms with Crippen molar-refractivity contribution >= 4 is 0 Å². The van der Waals surface area contributed by atoms with Crippen LogP contribution in [0.1, 0.15) is 53.3 Å². The Hall–Kier alpha value is -0.790. The van der Waals surface area contributed by atoms with Gasteiger partial charge in [0.25, 0.3) is 0 Å². The van der Waals surface area contributed by atoms with Crippen LogP contribution in [-0.2, 0) is 5.54 Å². The molecule has 2 nitrogen and oxygen atoms in total. The number of hydrogen-bond acceptors (Lipinski definition) is 1. The van der Waals surface area contributed by atoms with E-state index in [0.717, 1.165) is 0 Å². The summed E-state index contributed by atoms with van der Waals surface area (Å²) < 4.78 is 2.28. The molecule has 0 saturated carbocycles. The minimum Gasteiger partial charge on any atom is -0.329 e. The summed E-state index contributed by atoms with van der Waals surface area (Å²) in [4.78, 5) is 4.47. The van der Waals surface area contributed by atoms with E-state index in [1.807, 2.05) is 6.20 Å². The van der Waals surface area contributed by atoms with Gasteiger partial charge in [0.2, 0.25) is 0 Å². The van der Waals surface area contributed by atoms with Crippen molar-refractivity contribution in [2.75, 3.05) is 0 Å². The van der Waals surface area contributed by atoms with Crippen LogP contribution >= 0.6 is 0 Å². The van der Waals surface area contributed by atoms with E-state index in [9.17, 15) is 0 Å². The number of imidazole rings is 1. The van der Waals surface area contributed by atoms with Gasteiger partial charge >= 0.3 is 0 Å². The van der Waals surface area contributed by atoms with Gasteiger partial charge < -0.3 is 4.57 Å². The van der Waals surface area contributed by atoms with Crippen LogP contribution in [0.5, 0.6) is 0 Å². The summed E-state index contributed by atoms with van der Waals surface area (Å²) >= 11 is 0. The number of aromatic nitrogens is 2. The minimum absolute atomic E-state index is 0.134. The zero-order valence-electron chi connectivity index (χ0n) is 10.2. The predicted octanol–water partition coefficient (Wildman–Crippen LogP) is 3.40. The van der Waals surface area contributed by atoms with Gasteiger partial charge in [0.1, 0.15) is 5.82 Å². The number of nitrogens with zero attached hydrogens (tertiary/aromatic N) is 2. The van der Waals surface area contributed by atoms with Crippen molar-refractivity contribution in [1.29, 1.82) is 0 Å². The quantitative estimate of drug-likeness (QED) is 0.705. The molecule has 1 heterocycles. The molecule has 1 aromatic heterocycles. The smallest absolute Gasteiger partial charge is 0.112 e. The molecular formula is C12H22N2. The number of hydrogen-bond donors (Lipinski definition) is 0. The molecule has 1 rings (SSSR count). The zero-order valence-corrected chi connectivity index (χ0v) is 10.2. The average Bonchev–Trinajstić information content (AvgIpc) is 2.48. The van der Waals surface area contributed by atoms with E-state index in [0.29, 0.717) is 11.8 Å². The molecule has 0 saturated heterocycles. The monoisotopic (exact) mass is 194 g/mol. The van der Waals surface area contributed by atoms with Crippen molar-refractivity contribution < 1.29 is 0 Å². The summed E-state index contributed by atoms with van der Waals surface area (Å²) in [7, 11) is 0. The van der Waals surface area contributed by atoms with E-state index in [4.69, 9.17) is 0 Å². The summed E-state index contributed by atoms with van der Waals surface area (Å²) in [5.74, 6) is 2.36. The second-order valence-electron chi connectivity index (χ2n) is 5.36. The van der Waals surface area contributed by atoms with E-state index in [1.165, 1.54) is 5.82 Å². The third-order valence-electron chi connectivity index (χ3n) is 2.80. The van der Waals surface area contributed by atoms with Crippen molar-refractivity contribution in [3.63, 3.8) is 0 Å². The van der Waals surface area contributed by atoms with Crippen molar-refractivity contribution in [3.05, 3.63) is 18.2 Å². The molecule has 1 aromatic rings.